The number of anilines is 1. The van der Waals surface area contributed by atoms with Gasteiger partial charge in [0.05, 0.1) is 5.69 Å². The number of halogens is 2. The van der Waals surface area contributed by atoms with Crippen molar-refractivity contribution in [3.63, 3.8) is 0 Å². The zero-order chi connectivity index (χ0) is 16.6. The molecule has 6 heteroatoms. The number of aromatic nitrogens is 2. The summed E-state index contributed by atoms with van der Waals surface area (Å²) in [4.78, 5) is 17.1. The van der Waals surface area contributed by atoms with Crippen LogP contribution in [-0.2, 0) is 6.42 Å². The summed E-state index contributed by atoms with van der Waals surface area (Å²) in [5.74, 6) is -0.768. The van der Waals surface area contributed by atoms with E-state index in [4.69, 9.17) is 11.6 Å². The fourth-order valence-electron chi connectivity index (χ4n) is 2.48. The van der Waals surface area contributed by atoms with Gasteiger partial charge in [0, 0.05) is 16.9 Å². The highest BCUT2D eigenvalue weighted by molar-refractivity contribution is 6.31. The molecule has 1 aromatic carbocycles. The molecule has 3 aromatic rings. The minimum atomic E-state index is -0.425. The Kier molecular flexibility index (Phi) is 4.05. The lowest BCUT2D eigenvalue weighted by Gasteiger charge is -2.10. The molecule has 4 nitrogen and oxygen atoms in total. The highest BCUT2D eigenvalue weighted by Crippen LogP contribution is 2.24. The largest absolute Gasteiger partial charge is 0.320 e. The number of nitrogens with zero attached hydrogens (tertiary/aromatic N) is 2. The highest BCUT2D eigenvalue weighted by atomic mass is 35.5. The zero-order valence-corrected chi connectivity index (χ0v) is 13.5. The molecule has 0 aliphatic rings. The van der Waals surface area contributed by atoms with Crippen molar-refractivity contribution in [2.45, 2.75) is 20.3 Å². The molecule has 1 amide bonds. The van der Waals surface area contributed by atoms with E-state index in [0.29, 0.717) is 34.2 Å². The molecule has 0 aliphatic heterocycles. The summed E-state index contributed by atoms with van der Waals surface area (Å²) in [6, 6.07) is 8.17. The number of rotatable bonds is 3. The van der Waals surface area contributed by atoms with Crippen LogP contribution in [0.3, 0.4) is 0 Å². The van der Waals surface area contributed by atoms with Crippen LogP contribution in [0, 0.1) is 12.7 Å². The van der Waals surface area contributed by atoms with Crippen molar-refractivity contribution in [1.29, 1.82) is 0 Å². The second-order valence-electron chi connectivity index (χ2n) is 5.20. The van der Waals surface area contributed by atoms with Gasteiger partial charge in [-0.25, -0.2) is 9.37 Å². The van der Waals surface area contributed by atoms with Crippen LogP contribution in [0.4, 0.5) is 10.1 Å². The Hall–Kier alpha value is -2.40. The normalized spacial score (nSPS) is 11.0. The molecule has 0 atom stereocenters. The van der Waals surface area contributed by atoms with E-state index in [1.807, 2.05) is 13.8 Å². The summed E-state index contributed by atoms with van der Waals surface area (Å²) in [6.45, 7) is 3.73. The second kappa shape index (κ2) is 6.01. The Bertz CT molecular complexity index is 904. The number of hydrogen-bond donors (Lipinski definition) is 1. The average molecular weight is 332 g/mol. The summed E-state index contributed by atoms with van der Waals surface area (Å²) in [6.07, 6.45) is 1.84. The first-order chi connectivity index (χ1) is 11.0. The van der Waals surface area contributed by atoms with Crippen LogP contribution in [0.15, 0.2) is 36.5 Å². The van der Waals surface area contributed by atoms with Gasteiger partial charge in [0.2, 0.25) is 0 Å². The van der Waals surface area contributed by atoms with Crippen LogP contribution in [0.25, 0.3) is 5.65 Å². The number of aryl methyl sites for hydroxylation is 1. The third kappa shape index (κ3) is 2.80. The Morgan fingerprint density at radius 2 is 2.13 bits per heavy atom. The average Bonchev–Trinajstić information content (AvgIpc) is 2.89. The van der Waals surface area contributed by atoms with Crippen molar-refractivity contribution in [1.82, 2.24) is 9.38 Å². The van der Waals surface area contributed by atoms with Gasteiger partial charge in [0.15, 0.2) is 0 Å². The second-order valence-corrected chi connectivity index (χ2v) is 5.61. The van der Waals surface area contributed by atoms with E-state index >= 15 is 0 Å². The Balaban J connectivity index is 2.06. The van der Waals surface area contributed by atoms with Crippen molar-refractivity contribution in [2.75, 3.05) is 5.32 Å². The van der Waals surface area contributed by atoms with E-state index in [2.05, 4.69) is 10.3 Å². The first-order valence-electron chi connectivity index (χ1n) is 7.24. The molecule has 0 radical (unpaired) electrons. The fourth-order valence-corrected chi connectivity index (χ4v) is 2.65. The summed E-state index contributed by atoms with van der Waals surface area (Å²) < 4.78 is 15.0. The van der Waals surface area contributed by atoms with E-state index in [-0.39, 0.29) is 5.91 Å². The highest BCUT2D eigenvalue weighted by Gasteiger charge is 2.19. The van der Waals surface area contributed by atoms with Crippen LogP contribution >= 0.6 is 11.6 Å². The maximum Gasteiger partial charge on any atom is 0.274 e. The number of carbonyl (C=O) groups excluding carboxylic acids is 1. The van der Waals surface area contributed by atoms with Crippen molar-refractivity contribution in [2.24, 2.45) is 0 Å². The molecule has 1 N–H and O–H groups in total. The van der Waals surface area contributed by atoms with Gasteiger partial charge in [-0.1, -0.05) is 24.6 Å². The van der Waals surface area contributed by atoms with Gasteiger partial charge >= 0.3 is 0 Å². The molecule has 0 unspecified atom stereocenters. The summed E-state index contributed by atoms with van der Waals surface area (Å²) in [5.41, 5.74) is 2.89. The fraction of sp³-hybridized carbons (Fsp3) is 0.176. The van der Waals surface area contributed by atoms with Crippen molar-refractivity contribution in [3.05, 3.63) is 64.3 Å². The van der Waals surface area contributed by atoms with E-state index in [1.54, 1.807) is 24.3 Å². The maximum atomic E-state index is 13.5. The molecule has 0 saturated heterocycles. The lowest BCUT2D eigenvalue weighted by Crippen LogP contribution is -2.17. The van der Waals surface area contributed by atoms with Crippen LogP contribution in [0.5, 0.6) is 0 Å². The molecule has 2 heterocycles. The zero-order valence-electron chi connectivity index (χ0n) is 12.7. The molecular formula is C17H15ClFN3O. The third-order valence-electron chi connectivity index (χ3n) is 3.72. The number of imidazole rings is 1. The summed E-state index contributed by atoms with van der Waals surface area (Å²) >= 11 is 6.08. The molecule has 0 bridgehead atoms. The Morgan fingerprint density at radius 3 is 2.87 bits per heavy atom. The smallest absolute Gasteiger partial charge is 0.274 e. The predicted octanol–water partition coefficient (Wildman–Crippen LogP) is 4.25. The lowest BCUT2D eigenvalue weighted by molar-refractivity contribution is 0.102. The molecule has 2 aromatic heterocycles. The van der Waals surface area contributed by atoms with E-state index in [9.17, 15) is 9.18 Å². The number of benzene rings is 1. The van der Waals surface area contributed by atoms with Gasteiger partial charge in [0.25, 0.3) is 5.91 Å². The Morgan fingerprint density at radius 1 is 1.35 bits per heavy atom. The van der Waals surface area contributed by atoms with Gasteiger partial charge in [-0.05, 0) is 43.2 Å². The van der Waals surface area contributed by atoms with Gasteiger partial charge in [-0.15, -0.1) is 0 Å². The Labute approximate surface area is 137 Å². The van der Waals surface area contributed by atoms with Crippen LogP contribution < -0.4 is 5.32 Å². The number of nitrogens with one attached hydrogen (secondary N) is 1. The summed E-state index contributed by atoms with van der Waals surface area (Å²) in [5, 5.41) is 3.41. The first-order valence-corrected chi connectivity index (χ1v) is 7.62. The molecule has 0 aliphatic carbocycles. The molecule has 3 rings (SSSR count). The van der Waals surface area contributed by atoms with Gasteiger partial charge < -0.3 is 5.32 Å². The molecule has 23 heavy (non-hydrogen) atoms. The van der Waals surface area contributed by atoms with Crippen LogP contribution in [0.2, 0.25) is 5.02 Å². The SMILES string of the molecule is CCc1nc2ccc(F)cn2c1C(=O)Nc1cccc(Cl)c1C. The third-order valence-corrected chi connectivity index (χ3v) is 4.13. The summed E-state index contributed by atoms with van der Waals surface area (Å²) in [7, 11) is 0. The molecule has 118 valence electrons. The predicted molar refractivity (Wildman–Crippen MR) is 88.7 cm³/mol. The standard InChI is InChI=1S/C17H15ClFN3O/c1-3-13-16(22-9-11(19)7-8-15(22)20-13)17(23)21-14-6-4-5-12(18)10(14)2/h4-9H,3H2,1-2H3,(H,21,23). The minimum Gasteiger partial charge on any atom is -0.320 e. The molecular weight excluding hydrogens is 317 g/mol. The monoisotopic (exact) mass is 331 g/mol. The molecule has 0 spiro atoms. The topological polar surface area (TPSA) is 46.4 Å². The van der Waals surface area contributed by atoms with Crippen LogP contribution in [0.1, 0.15) is 28.7 Å². The van der Waals surface area contributed by atoms with E-state index in [1.165, 1.54) is 16.7 Å². The lowest BCUT2D eigenvalue weighted by atomic mass is 10.2. The molecule has 0 fully saturated rings. The van der Waals surface area contributed by atoms with Gasteiger partial charge in [-0.2, -0.15) is 0 Å². The number of fused-ring (bicyclic) bond motifs is 1. The number of pyridine rings is 1. The van der Waals surface area contributed by atoms with Crippen molar-refractivity contribution in [3.8, 4) is 0 Å². The molecule has 0 saturated carbocycles. The van der Waals surface area contributed by atoms with Gasteiger partial charge in [-0.3, -0.25) is 9.20 Å². The van der Waals surface area contributed by atoms with Crippen molar-refractivity contribution < 1.29 is 9.18 Å². The minimum absolute atomic E-state index is 0.335. The number of hydrogen-bond acceptors (Lipinski definition) is 2. The quantitative estimate of drug-likeness (QED) is 0.780. The first kappa shape index (κ1) is 15.5. The van der Waals surface area contributed by atoms with Gasteiger partial charge in [0.1, 0.15) is 17.2 Å². The van der Waals surface area contributed by atoms with Crippen molar-refractivity contribution >= 4 is 28.8 Å². The van der Waals surface area contributed by atoms with E-state index in [0.717, 1.165) is 5.56 Å². The maximum absolute atomic E-state index is 13.5. The van der Waals surface area contributed by atoms with Crippen LogP contribution in [-0.4, -0.2) is 15.3 Å². The van der Waals surface area contributed by atoms with E-state index < -0.39 is 5.82 Å². The number of amides is 1. The number of carbonyl (C=O) groups is 1.